The van der Waals surface area contributed by atoms with Crippen LogP contribution in [0.4, 0.5) is 5.95 Å². The number of fused-ring (bicyclic) bond motifs is 1. The number of aromatic amines is 1. The first kappa shape index (κ1) is 11.7. The van der Waals surface area contributed by atoms with E-state index in [2.05, 4.69) is 32.3 Å². The van der Waals surface area contributed by atoms with Gasteiger partial charge in [0.05, 0.1) is 6.04 Å². The van der Waals surface area contributed by atoms with Gasteiger partial charge in [0.25, 0.3) is 0 Å². The minimum absolute atomic E-state index is 0.0912. The van der Waals surface area contributed by atoms with E-state index in [-0.39, 0.29) is 6.04 Å². The van der Waals surface area contributed by atoms with Gasteiger partial charge in [-0.15, -0.1) is 5.10 Å². The number of imidazole rings is 1. The van der Waals surface area contributed by atoms with Gasteiger partial charge < -0.3 is 10.3 Å². The first-order chi connectivity index (χ1) is 9.26. The largest absolute Gasteiger partial charge is 0.347 e. The number of pyridine rings is 1. The Morgan fingerprint density at radius 1 is 1.42 bits per heavy atom. The molecule has 0 saturated heterocycles. The molecule has 0 aromatic carbocycles. The lowest BCUT2D eigenvalue weighted by Crippen LogP contribution is -2.12. The van der Waals surface area contributed by atoms with Crippen LogP contribution in [0, 0.1) is 6.92 Å². The number of nitrogens with zero attached hydrogens (tertiary/aromatic N) is 4. The Morgan fingerprint density at radius 3 is 3.05 bits per heavy atom. The van der Waals surface area contributed by atoms with Crippen molar-refractivity contribution in [2.45, 2.75) is 26.3 Å². The van der Waals surface area contributed by atoms with Gasteiger partial charge in [0.2, 0.25) is 5.95 Å². The Kier molecular flexibility index (Phi) is 2.91. The van der Waals surface area contributed by atoms with Crippen LogP contribution >= 0.6 is 0 Å². The molecule has 0 fully saturated rings. The van der Waals surface area contributed by atoms with E-state index in [9.17, 15) is 0 Å². The summed E-state index contributed by atoms with van der Waals surface area (Å²) in [6.45, 7) is 4.13. The van der Waals surface area contributed by atoms with Gasteiger partial charge in [0, 0.05) is 18.6 Å². The number of H-pyrrole nitrogens is 1. The van der Waals surface area contributed by atoms with E-state index in [1.807, 2.05) is 31.5 Å². The highest BCUT2D eigenvalue weighted by molar-refractivity contribution is 5.44. The third-order valence-electron chi connectivity index (χ3n) is 3.04. The fraction of sp³-hybridized carbons (Fsp3) is 0.308. The summed E-state index contributed by atoms with van der Waals surface area (Å²) in [7, 11) is 0. The molecule has 0 spiro atoms. The van der Waals surface area contributed by atoms with Gasteiger partial charge in [-0.1, -0.05) is 13.0 Å². The van der Waals surface area contributed by atoms with Gasteiger partial charge in [0.1, 0.15) is 5.82 Å². The Balaban J connectivity index is 1.88. The first-order valence-electron chi connectivity index (χ1n) is 6.35. The molecule has 1 unspecified atom stereocenters. The number of aryl methyl sites for hydroxylation is 1. The third kappa shape index (κ3) is 2.29. The Morgan fingerprint density at radius 2 is 2.32 bits per heavy atom. The van der Waals surface area contributed by atoms with Crippen LogP contribution in [0.15, 0.2) is 30.7 Å². The summed E-state index contributed by atoms with van der Waals surface area (Å²) in [5, 5.41) is 7.73. The Bertz CT molecular complexity index is 670. The molecular weight excluding hydrogens is 240 g/mol. The van der Waals surface area contributed by atoms with Gasteiger partial charge in [-0.25, -0.2) is 9.50 Å². The van der Waals surface area contributed by atoms with Crippen LogP contribution in [0.25, 0.3) is 5.65 Å². The van der Waals surface area contributed by atoms with Crippen LogP contribution in [0.2, 0.25) is 0 Å². The smallest absolute Gasteiger partial charge is 0.243 e. The lowest BCUT2D eigenvalue weighted by atomic mass is 10.2. The van der Waals surface area contributed by atoms with Crippen molar-refractivity contribution in [3.63, 3.8) is 0 Å². The minimum atomic E-state index is 0.0912. The van der Waals surface area contributed by atoms with Crippen molar-refractivity contribution in [3.05, 3.63) is 42.1 Å². The van der Waals surface area contributed by atoms with Gasteiger partial charge in [-0.05, 0) is 25.0 Å². The molecule has 1 atom stereocenters. The molecule has 0 radical (unpaired) electrons. The molecule has 19 heavy (non-hydrogen) atoms. The highest BCUT2D eigenvalue weighted by Crippen LogP contribution is 2.17. The molecule has 0 amide bonds. The van der Waals surface area contributed by atoms with Gasteiger partial charge in [-0.2, -0.15) is 4.98 Å². The molecule has 3 heterocycles. The Labute approximate surface area is 110 Å². The monoisotopic (exact) mass is 256 g/mol. The average Bonchev–Trinajstić information content (AvgIpc) is 3.04. The zero-order chi connectivity index (χ0) is 13.2. The Hall–Kier alpha value is -2.37. The number of rotatable bonds is 4. The summed E-state index contributed by atoms with van der Waals surface area (Å²) < 4.78 is 1.78. The van der Waals surface area contributed by atoms with E-state index >= 15 is 0 Å². The predicted octanol–water partition coefficient (Wildman–Crippen LogP) is 2.32. The fourth-order valence-corrected chi connectivity index (χ4v) is 2.03. The molecule has 0 aliphatic carbocycles. The van der Waals surface area contributed by atoms with Crippen molar-refractivity contribution in [1.29, 1.82) is 0 Å². The molecule has 6 heteroatoms. The normalized spacial score (nSPS) is 12.7. The van der Waals surface area contributed by atoms with Crippen LogP contribution in [0.3, 0.4) is 0 Å². The van der Waals surface area contributed by atoms with E-state index in [4.69, 9.17) is 0 Å². The third-order valence-corrected chi connectivity index (χ3v) is 3.04. The van der Waals surface area contributed by atoms with Gasteiger partial charge in [-0.3, -0.25) is 0 Å². The summed E-state index contributed by atoms with van der Waals surface area (Å²) in [5.41, 5.74) is 1.99. The number of hydrogen-bond acceptors (Lipinski definition) is 4. The number of aromatic nitrogens is 5. The van der Waals surface area contributed by atoms with Crippen LogP contribution in [-0.2, 0) is 0 Å². The van der Waals surface area contributed by atoms with Crippen LogP contribution in [0.1, 0.15) is 30.8 Å². The SMILES string of the molecule is CCC(Nc1nc2ccc(C)cn2n1)c1ncc[nH]1. The van der Waals surface area contributed by atoms with E-state index in [1.165, 1.54) is 0 Å². The summed E-state index contributed by atoms with van der Waals surface area (Å²) in [4.78, 5) is 11.8. The fourth-order valence-electron chi connectivity index (χ4n) is 2.03. The van der Waals surface area contributed by atoms with Crippen molar-refractivity contribution < 1.29 is 0 Å². The molecule has 0 saturated carbocycles. The minimum Gasteiger partial charge on any atom is -0.347 e. The molecule has 0 bridgehead atoms. The highest BCUT2D eigenvalue weighted by atomic mass is 15.3. The molecule has 3 aromatic heterocycles. The maximum absolute atomic E-state index is 4.45. The van der Waals surface area contributed by atoms with E-state index in [1.54, 1.807) is 10.7 Å². The zero-order valence-electron chi connectivity index (χ0n) is 11.0. The molecule has 0 aliphatic heterocycles. The number of nitrogens with one attached hydrogen (secondary N) is 2. The topological polar surface area (TPSA) is 70.9 Å². The predicted molar refractivity (Wildman–Crippen MR) is 73.0 cm³/mol. The second kappa shape index (κ2) is 4.72. The molecule has 3 aromatic rings. The summed E-state index contributed by atoms with van der Waals surface area (Å²) in [6, 6.07) is 4.08. The maximum Gasteiger partial charge on any atom is 0.243 e. The summed E-state index contributed by atoms with van der Waals surface area (Å²) >= 11 is 0. The van der Waals surface area contributed by atoms with E-state index in [0.717, 1.165) is 23.5 Å². The molecule has 0 aliphatic rings. The summed E-state index contributed by atoms with van der Waals surface area (Å²) in [6.07, 6.45) is 6.43. The van der Waals surface area contributed by atoms with Crippen molar-refractivity contribution in [2.24, 2.45) is 0 Å². The van der Waals surface area contributed by atoms with Gasteiger partial charge >= 0.3 is 0 Å². The maximum atomic E-state index is 4.45. The lowest BCUT2D eigenvalue weighted by Gasteiger charge is -2.12. The van der Waals surface area contributed by atoms with E-state index in [0.29, 0.717) is 5.95 Å². The zero-order valence-corrected chi connectivity index (χ0v) is 11.0. The van der Waals surface area contributed by atoms with Crippen LogP contribution in [0.5, 0.6) is 0 Å². The van der Waals surface area contributed by atoms with E-state index < -0.39 is 0 Å². The van der Waals surface area contributed by atoms with Crippen molar-refractivity contribution >= 4 is 11.6 Å². The molecular formula is C13H16N6. The summed E-state index contributed by atoms with van der Waals surface area (Å²) in [5.74, 6) is 1.52. The number of hydrogen-bond donors (Lipinski definition) is 2. The molecule has 2 N–H and O–H groups in total. The second-order valence-corrected chi connectivity index (χ2v) is 4.52. The van der Waals surface area contributed by atoms with Gasteiger partial charge in [0.15, 0.2) is 5.65 Å². The molecule has 3 rings (SSSR count). The molecule has 6 nitrogen and oxygen atoms in total. The van der Waals surface area contributed by atoms with Crippen LogP contribution < -0.4 is 5.32 Å². The van der Waals surface area contributed by atoms with Crippen molar-refractivity contribution in [2.75, 3.05) is 5.32 Å². The molecule has 98 valence electrons. The average molecular weight is 256 g/mol. The number of anilines is 1. The van der Waals surface area contributed by atoms with Crippen molar-refractivity contribution in [3.8, 4) is 0 Å². The second-order valence-electron chi connectivity index (χ2n) is 4.52. The highest BCUT2D eigenvalue weighted by Gasteiger charge is 2.14. The quantitative estimate of drug-likeness (QED) is 0.751. The van der Waals surface area contributed by atoms with Crippen molar-refractivity contribution in [1.82, 2.24) is 24.6 Å². The lowest BCUT2D eigenvalue weighted by molar-refractivity contribution is 0.695. The van der Waals surface area contributed by atoms with Crippen LogP contribution in [-0.4, -0.2) is 24.6 Å². The standard InChI is InChI=1S/C13H16N6/c1-3-10(12-14-6-7-15-12)16-13-17-11-5-4-9(2)8-19(11)18-13/h4-8,10H,3H2,1-2H3,(H,14,15)(H,16,18). The first-order valence-corrected chi connectivity index (χ1v) is 6.35.